The summed E-state index contributed by atoms with van der Waals surface area (Å²) in [5, 5.41) is 4.19. The topological polar surface area (TPSA) is 30.5 Å². The van der Waals surface area contributed by atoms with Crippen molar-refractivity contribution in [2.45, 2.75) is 13.0 Å². The molecule has 1 atom stereocenters. The molecule has 0 amide bonds. The Morgan fingerprint density at radius 2 is 1.85 bits per heavy atom. The van der Waals surface area contributed by atoms with Gasteiger partial charge >= 0.3 is 0 Å². The number of hydrogen-bond acceptors (Lipinski definition) is 3. The van der Waals surface area contributed by atoms with Crippen LogP contribution in [0.2, 0.25) is 5.02 Å². The zero-order chi connectivity index (χ0) is 13.9. The van der Waals surface area contributed by atoms with Crippen molar-refractivity contribution in [3.05, 3.63) is 53.1 Å². The summed E-state index contributed by atoms with van der Waals surface area (Å²) in [6.45, 7) is 3.31. The van der Waals surface area contributed by atoms with Gasteiger partial charge < -0.3 is 14.8 Å². The van der Waals surface area contributed by atoms with Crippen LogP contribution < -0.4 is 14.8 Å². The highest BCUT2D eigenvalue weighted by atomic mass is 35.5. The summed E-state index contributed by atoms with van der Waals surface area (Å²) >= 11 is 6.02. The molecule has 104 valence electrons. The SMILES string of the molecule is CC(Nc1ccc2c(c1)OCCO2)c1cccc(Cl)c1. The van der Waals surface area contributed by atoms with Crippen LogP contribution in [0.3, 0.4) is 0 Å². The average molecular weight is 290 g/mol. The summed E-state index contributed by atoms with van der Waals surface area (Å²) in [7, 11) is 0. The molecule has 0 fully saturated rings. The molecule has 3 rings (SSSR count). The molecule has 0 aliphatic carbocycles. The summed E-state index contributed by atoms with van der Waals surface area (Å²) in [6.07, 6.45) is 0. The van der Waals surface area contributed by atoms with Gasteiger partial charge in [0.05, 0.1) is 0 Å². The van der Waals surface area contributed by atoms with Crippen molar-refractivity contribution in [2.75, 3.05) is 18.5 Å². The van der Waals surface area contributed by atoms with E-state index in [2.05, 4.69) is 18.3 Å². The second kappa shape index (κ2) is 5.63. The molecular formula is C16H16ClNO2. The van der Waals surface area contributed by atoms with Crippen LogP contribution in [0.4, 0.5) is 5.69 Å². The molecule has 1 N–H and O–H groups in total. The Morgan fingerprint density at radius 1 is 1.05 bits per heavy atom. The number of halogens is 1. The highest BCUT2D eigenvalue weighted by Crippen LogP contribution is 2.33. The summed E-state index contributed by atoms with van der Waals surface area (Å²) in [4.78, 5) is 0. The van der Waals surface area contributed by atoms with Gasteiger partial charge in [-0.3, -0.25) is 0 Å². The van der Waals surface area contributed by atoms with Crippen molar-refractivity contribution in [1.29, 1.82) is 0 Å². The van der Waals surface area contributed by atoms with Gasteiger partial charge in [0.2, 0.25) is 0 Å². The molecule has 0 saturated heterocycles. The highest BCUT2D eigenvalue weighted by Gasteiger charge is 2.13. The lowest BCUT2D eigenvalue weighted by Gasteiger charge is -2.21. The number of rotatable bonds is 3. The number of anilines is 1. The molecule has 1 aliphatic rings. The average Bonchev–Trinajstić information content (AvgIpc) is 2.47. The molecule has 2 aromatic carbocycles. The zero-order valence-electron chi connectivity index (χ0n) is 11.2. The summed E-state index contributed by atoms with van der Waals surface area (Å²) in [5.41, 5.74) is 2.15. The molecular weight excluding hydrogens is 274 g/mol. The first-order valence-corrected chi connectivity index (χ1v) is 7.02. The van der Waals surface area contributed by atoms with Crippen molar-refractivity contribution in [2.24, 2.45) is 0 Å². The zero-order valence-corrected chi connectivity index (χ0v) is 12.0. The lowest BCUT2D eigenvalue weighted by molar-refractivity contribution is 0.171. The molecule has 1 aliphatic heterocycles. The van der Waals surface area contributed by atoms with Crippen molar-refractivity contribution < 1.29 is 9.47 Å². The fourth-order valence-corrected chi connectivity index (χ4v) is 2.44. The van der Waals surface area contributed by atoms with E-state index in [4.69, 9.17) is 21.1 Å². The van der Waals surface area contributed by atoms with E-state index in [1.165, 1.54) is 0 Å². The molecule has 0 spiro atoms. The molecule has 3 nitrogen and oxygen atoms in total. The Kier molecular flexibility index (Phi) is 3.70. The number of benzene rings is 2. The summed E-state index contributed by atoms with van der Waals surface area (Å²) in [6, 6.07) is 13.9. The van der Waals surface area contributed by atoms with Gasteiger partial charge in [-0.25, -0.2) is 0 Å². The summed E-state index contributed by atoms with van der Waals surface area (Å²) in [5.74, 6) is 1.59. The van der Waals surface area contributed by atoms with Gasteiger partial charge in [0.1, 0.15) is 13.2 Å². The monoisotopic (exact) mass is 289 g/mol. The number of nitrogens with one attached hydrogen (secondary N) is 1. The molecule has 0 bridgehead atoms. The molecule has 0 saturated carbocycles. The fraction of sp³-hybridized carbons (Fsp3) is 0.250. The Balaban J connectivity index is 1.77. The molecule has 1 heterocycles. The molecule has 4 heteroatoms. The first kappa shape index (κ1) is 13.1. The van der Waals surface area contributed by atoms with Gasteiger partial charge in [-0.1, -0.05) is 23.7 Å². The minimum atomic E-state index is 0.163. The second-order valence-electron chi connectivity index (χ2n) is 4.78. The Morgan fingerprint density at radius 3 is 2.65 bits per heavy atom. The van der Waals surface area contributed by atoms with Gasteiger partial charge in [-0.15, -0.1) is 0 Å². The molecule has 1 unspecified atom stereocenters. The molecule has 0 radical (unpaired) electrons. The molecule has 20 heavy (non-hydrogen) atoms. The minimum absolute atomic E-state index is 0.163. The van der Waals surface area contributed by atoms with Gasteiger partial charge in [-0.2, -0.15) is 0 Å². The van der Waals surface area contributed by atoms with Gasteiger partial charge in [0.15, 0.2) is 11.5 Å². The van der Waals surface area contributed by atoms with Crippen LogP contribution in [0.1, 0.15) is 18.5 Å². The van der Waals surface area contributed by atoms with E-state index in [-0.39, 0.29) is 6.04 Å². The third-order valence-electron chi connectivity index (χ3n) is 3.27. The number of hydrogen-bond donors (Lipinski definition) is 1. The maximum atomic E-state index is 6.02. The van der Waals surface area contributed by atoms with Crippen molar-refractivity contribution in [3.63, 3.8) is 0 Å². The standard InChI is InChI=1S/C16H16ClNO2/c1-11(12-3-2-4-13(17)9-12)18-14-5-6-15-16(10-14)20-8-7-19-15/h2-6,9-11,18H,7-8H2,1H3. The van der Waals surface area contributed by atoms with E-state index in [1.54, 1.807) is 0 Å². The molecule has 0 aromatic heterocycles. The summed E-state index contributed by atoms with van der Waals surface area (Å²) < 4.78 is 11.1. The Labute approximate surface area is 123 Å². The van der Waals surface area contributed by atoms with Crippen LogP contribution in [0.5, 0.6) is 11.5 Å². The van der Waals surface area contributed by atoms with Gasteiger partial charge in [0, 0.05) is 22.8 Å². The van der Waals surface area contributed by atoms with Gasteiger partial charge in [-0.05, 0) is 36.8 Å². The lowest BCUT2D eigenvalue weighted by Crippen LogP contribution is -2.15. The van der Waals surface area contributed by atoms with E-state index >= 15 is 0 Å². The van der Waals surface area contributed by atoms with E-state index in [0.29, 0.717) is 13.2 Å². The maximum Gasteiger partial charge on any atom is 0.163 e. The van der Waals surface area contributed by atoms with Crippen molar-refractivity contribution in [1.82, 2.24) is 0 Å². The van der Waals surface area contributed by atoms with E-state index in [0.717, 1.165) is 27.8 Å². The maximum absolute atomic E-state index is 6.02. The van der Waals surface area contributed by atoms with Crippen molar-refractivity contribution in [3.8, 4) is 11.5 Å². The number of ether oxygens (including phenoxy) is 2. The lowest BCUT2D eigenvalue weighted by atomic mass is 10.1. The van der Waals surface area contributed by atoms with Crippen LogP contribution >= 0.6 is 11.6 Å². The van der Waals surface area contributed by atoms with Gasteiger partial charge in [0.25, 0.3) is 0 Å². The Hall–Kier alpha value is -1.87. The normalized spacial score (nSPS) is 14.7. The largest absolute Gasteiger partial charge is 0.486 e. The fourth-order valence-electron chi connectivity index (χ4n) is 2.24. The third kappa shape index (κ3) is 2.83. The Bertz CT molecular complexity index is 615. The van der Waals surface area contributed by atoms with Crippen LogP contribution in [0.15, 0.2) is 42.5 Å². The predicted molar refractivity (Wildman–Crippen MR) is 80.9 cm³/mol. The minimum Gasteiger partial charge on any atom is -0.486 e. The first-order chi connectivity index (χ1) is 9.72. The highest BCUT2D eigenvalue weighted by molar-refractivity contribution is 6.30. The smallest absolute Gasteiger partial charge is 0.163 e. The second-order valence-corrected chi connectivity index (χ2v) is 5.22. The van der Waals surface area contributed by atoms with Crippen LogP contribution in [0, 0.1) is 0 Å². The predicted octanol–water partition coefficient (Wildman–Crippen LogP) is 4.28. The van der Waals surface area contributed by atoms with Crippen LogP contribution in [-0.4, -0.2) is 13.2 Å². The quantitative estimate of drug-likeness (QED) is 0.914. The van der Waals surface area contributed by atoms with E-state index < -0.39 is 0 Å². The molecule has 2 aromatic rings. The van der Waals surface area contributed by atoms with E-state index in [9.17, 15) is 0 Å². The number of fused-ring (bicyclic) bond motifs is 1. The van der Waals surface area contributed by atoms with Crippen LogP contribution in [0.25, 0.3) is 0 Å². The van der Waals surface area contributed by atoms with E-state index in [1.807, 2.05) is 36.4 Å². The third-order valence-corrected chi connectivity index (χ3v) is 3.51. The van der Waals surface area contributed by atoms with Crippen molar-refractivity contribution >= 4 is 17.3 Å². The van der Waals surface area contributed by atoms with Crippen LogP contribution in [-0.2, 0) is 0 Å². The first-order valence-electron chi connectivity index (χ1n) is 6.64.